The van der Waals surface area contributed by atoms with E-state index < -0.39 is 31.3 Å². The van der Waals surface area contributed by atoms with Gasteiger partial charge < -0.3 is 0 Å². The van der Waals surface area contributed by atoms with Crippen molar-refractivity contribution in [3.05, 3.63) is 108 Å². The molecule has 0 saturated heterocycles. The molecule has 4 aromatic carbocycles. The molecule has 50 heavy (non-hydrogen) atoms. The molecular weight excluding hydrogens is 646 g/mol. The zero-order chi connectivity index (χ0) is 34.5. The van der Waals surface area contributed by atoms with Crippen LogP contribution >= 0.6 is 7.05 Å². The molecule has 7 rings (SSSR count). The number of fused-ring (bicyclic) bond motifs is 1. The third-order valence-corrected chi connectivity index (χ3v) is 16.8. The molecular formula is C42H44FN2O4P. The number of rotatable bonds is 10. The van der Waals surface area contributed by atoms with Crippen LogP contribution in [0, 0.1) is 0 Å². The van der Waals surface area contributed by atoms with Crippen molar-refractivity contribution >= 4 is 41.2 Å². The Bertz CT molecular complexity index is 1930. The molecule has 0 radical (unpaired) electrons. The maximum absolute atomic E-state index is 14.4. The molecule has 0 bridgehead atoms. The SMILES string of the molecule is O=C(N=P(C1CCCC1)(C1CCCC1)C1CCCC1)O/N=C(\CF)C(=O)c1cccc(-c2cccc(C(=O)c3cccc4ccccc34)c2)c1. The van der Waals surface area contributed by atoms with Crippen molar-refractivity contribution in [1.29, 1.82) is 0 Å². The van der Waals surface area contributed by atoms with E-state index in [9.17, 15) is 18.8 Å². The van der Waals surface area contributed by atoms with Crippen molar-refractivity contribution in [2.75, 3.05) is 6.67 Å². The molecule has 0 heterocycles. The highest BCUT2D eigenvalue weighted by Gasteiger charge is 2.47. The standard InChI is InChI=1S/C42H44FN2O4P/c43-28-39(44-49-42(48)45-50(34-18-2-3-19-34,35-20-4-5-21-35)36-22-6-7-23-36)41(47)33-17-10-15-31(27-33)30-14-9-16-32(26-30)40(46)38-25-11-13-29-12-1-8-24-37(29)38/h1,8-17,24-27,34-36H,2-7,18-23,28H2/b44-39+. The van der Waals surface area contributed by atoms with Gasteiger partial charge in [0, 0.05) is 16.7 Å². The van der Waals surface area contributed by atoms with Crippen LogP contribution in [0.4, 0.5) is 9.18 Å². The fourth-order valence-electron chi connectivity index (χ4n) is 8.90. The molecule has 3 aliphatic carbocycles. The minimum absolute atomic E-state index is 0.102. The number of carbonyl (C=O) groups is 3. The van der Waals surface area contributed by atoms with E-state index >= 15 is 0 Å². The van der Waals surface area contributed by atoms with Gasteiger partial charge in [0.15, 0.2) is 11.5 Å². The average Bonchev–Trinajstić information content (AvgIpc) is 3.99. The number of halogens is 1. The third-order valence-electron chi connectivity index (χ3n) is 11.2. The van der Waals surface area contributed by atoms with Gasteiger partial charge in [-0.2, -0.15) is 4.74 Å². The number of hydrogen-bond donors (Lipinski definition) is 0. The maximum Gasteiger partial charge on any atom is 0.458 e. The molecule has 3 saturated carbocycles. The number of amides is 1. The maximum atomic E-state index is 14.4. The Morgan fingerprint density at radius 2 is 1.18 bits per heavy atom. The topological polar surface area (TPSA) is 85.2 Å². The van der Waals surface area contributed by atoms with Crippen LogP contribution in [0.2, 0.25) is 0 Å². The number of alkyl halides is 1. The van der Waals surface area contributed by atoms with E-state index in [0.29, 0.717) is 33.7 Å². The van der Waals surface area contributed by atoms with E-state index in [0.717, 1.165) is 54.9 Å². The monoisotopic (exact) mass is 690 g/mol. The second kappa shape index (κ2) is 15.3. The number of benzene rings is 4. The molecule has 0 aromatic heterocycles. The van der Waals surface area contributed by atoms with Gasteiger partial charge in [0.2, 0.25) is 5.78 Å². The number of Topliss-reactive ketones (excluding diaryl/α,β-unsaturated/α-hetero) is 1. The van der Waals surface area contributed by atoms with E-state index in [4.69, 9.17) is 9.58 Å². The molecule has 258 valence electrons. The zero-order valence-corrected chi connectivity index (χ0v) is 29.3. The molecule has 0 aliphatic heterocycles. The van der Waals surface area contributed by atoms with Gasteiger partial charge >= 0.3 is 6.09 Å². The first kappa shape index (κ1) is 34.2. The van der Waals surface area contributed by atoms with Gasteiger partial charge in [0.05, 0.1) is 0 Å². The van der Waals surface area contributed by atoms with Crippen molar-refractivity contribution in [1.82, 2.24) is 0 Å². The van der Waals surface area contributed by atoms with Gasteiger partial charge in [-0.1, -0.05) is 123 Å². The minimum Gasteiger partial charge on any atom is -0.296 e. The lowest BCUT2D eigenvalue weighted by Crippen LogP contribution is -2.24. The first-order valence-electron chi connectivity index (χ1n) is 18.2. The highest BCUT2D eigenvalue weighted by Crippen LogP contribution is 2.72. The van der Waals surface area contributed by atoms with Crippen molar-refractivity contribution in [3.63, 3.8) is 0 Å². The number of nitrogens with zero attached hydrogens (tertiary/aromatic N) is 2. The van der Waals surface area contributed by atoms with E-state index in [1.807, 2.05) is 60.7 Å². The Morgan fingerprint density at radius 1 is 0.660 bits per heavy atom. The van der Waals surface area contributed by atoms with Gasteiger partial charge in [0.1, 0.15) is 6.67 Å². The average molecular weight is 691 g/mol. The van der Waals surface area contributed by atoms with Crippen molar-refractivity contribution in [2.24, 2.45) is 9.90 Å². The van der Waals surface area contributed by atoms with Crippen LogP contribution in [0.1, 0.15) is 103 Å². The Morgan fingerprint density at radius 3 is 1.78 bits per heavy atom. The Hall–Kier alpha value is -4.22. The van der Waals surface area contributed by atoms with Crippen LogP contribution in [0.15, 0.2) is 101 Å². The van der Waals surface area contributed by atoms with Gasteiger partial charge in [-0.3, -0.25) is 14.4 Å². The predicted octanol–water partition coefficient (Wildman–Crippen LogP) is 11.4. The van der Waals surface area contributed by atoms with Gasteiger partial charge in [-0.05, 0) is 96.6 Å². The molecule has 0 atom stereocenters. The van der Waals surface area contributed by atoms with Crippen molar-refractivity contribution in [3.8, 4) is 11.1 Å². The minimum atomic E-state index is -2.05. The smallest absolute Gasteiger partial charge is 0.296 e. The summed E-state index contributed by atoms with van der Waals surface area (Å²) in [6, 6.07) is 27.5. The summed E-state index contributed by atoms with van der Waals surface area (Å²) in [6.45, 7) is -1.18. The van der Waals surface area contributed by atoms with E-state index in [1.165, 1.54) is 38.5 Å². The molecule has 0 unspecified atom stereocenters. The molecule has 1 amide bonds. The first-order chi connectivity index (χ1) is 24.5. The van der Waals surface area contributed by atoms with Gasteiger partial charge in [-0.15, -0.1) is 0 Å². The lowest BCUT2D eigenvalue weighted by atomic mass is 9.94. The van der Waals surface area contributed by atoms with Crippen LogP contribution in [0.3, 0.4) is 0 Å². The summed E-state index contributed by atoms with van der Waals surface area (Å²) in [5, 5.41) is 5.67. The first-order valence-corrected chi connectivity index (χ1v) is 20.2. The normalized spacial score (nSPS) is 17.7. The summed E-state index contributed by atoms with van der Waals surface area (Å²) in [6.07, 6.45) is 13.0. The van der Waals surface area contributed by atoms with E-state index in [2.05, 4.69) is 5.16 Å². The predicted molar refractivity (Wildman–Crippen MR) is 200 cm³/mol. The highest BCUT2D eigenvalue weighted by molar-refractivity contribution is 7.68. The fourth-order valence-corrected chi connectivity index (χ4v) is 15.1. The summed E-state index contributed by atoms with van der Waals surface area (Å²) in [5.74, 6) is -0.760. The lowest BCUT2D eigenvalue weighted by Gasteiger charge is -2.40. The summed E-state index contributed by atoms with van der Waals surface area (Å²) < 4.78 is 19.3. The largest absolute Gasteiger partial charge is 0.458 e. The quantitative estimate of drug-likeness (QED) is 0.0545. The second-order valence-electron chi connectivity index (χ2n) is 14.1. The number of hydrogen-bond acceptors (Lipinski definition) is 5. The van der Waals surface area contributed by atoms with E-state index in [-0.39, 0.29) is 11.3 Å². The summed E-state index contributed by atoms with van der Waals surface area (Å²) >= 11 is 0. The van der Waals surface area contributed by atoms with Crippen LogP contribution in [-0.2, 0) is 4.84 Å². The number of oxime groups is 1. The summed E-state index contributed by atoms with van der Waals surface area (Å²) in [4.78, 5) is 45.9. The summed E-state index contributed by atoms with van der Waals surface area (Å²) in [7, 11) is -2.05. The molecule has 6 nitrogen and oxygen atoms in total. The molecule has 0 spiro atoms. The molecule has 3 aliphatic rings. The van der Waals surface area contributed by atoms with Gasteiger partial charge in [0.25, 0.3) is 0 Å². The van der Waals surface area contributed by atoms with E-state index in [1.54, 1.807) is 30.3 Å². The fraction of sp³-hybridized carbons (Fsp3) is 0.381. The molecule has 0 N–H and O–H groups in total. The molecule has 4 aromatic rings. The lowest BCUT2D eigenvalue weighted by molar-refractivity contribution is 0.103. The summed E-state index contributed by atoms with van der Waals surface area (Å²) in [5.41, 5.74) is 3.66. The van der Waals surface area contributed by atoms with Crippen LogP contribution in [0.25, 0.3) is 21.9 Å². The highest BCUT2D eigenvalue weighted by atomic mass is 31.2. The molecule has 8 heteroatoms. The van der Waals surface area contributed by atoms with Crippen LogP contribution < -0.4 is 0 Å². The second-order valence-corrected chi connectivity index (χ2v) is 18.1. The van der Waals surface area contributed by atoms with Gasteiger partial charge in [-0.25, -0.2) is 9.18 Å². The van der Waals surface area contributed by atoms with Crippen LogP contribution in [0.5, 0.6) is 0 Å². The third kappa shape index (κ3) is 6.90. The Balaban J connectivity index is 1.13. The zero-order valence-electron chi connectivity index (χ0n) is 28.4. The molecule has 3 fully saturated rings. The van der Waals surface area contributed by atoms with Crippen molar-refractivity contribution in [2.45, 2.75) is 94.0 Å². The Labute approximate surface area is 293 Å². The Kier molecular flexibility index (Phi) is 10.5. The van der Waals surface area contributed by atoms with Crippen molar-refractivity contribution < 1.29 is 23.6 Å². The number of ketones is 2. The number of carbonyl (C=O) groups excluding carboxylic acids is 3. The van der Waals surface area contributed by atoms with Crippen LogP contribution in [-0.4, -0.2) is 47.0 Å².